The maximum Gasteiger partial charge on any atom is 0.573 e. The molecule has 2 heterocycles. The van der Waals surface area contributed by atoms with Crippen molar-refractivity contribution in [2.45, 2.75) is 24.6 Å². The Labute approximate surface area is 242 Å². The number of benzene rings is 2. The molecule has 1 amide bonds. The lowest BCUT2D eigenvalue weighted by Crippen LogP contribution is -2.26. The molecule has 0 aliphatic rings. The van der Waals surface area contributed by atoms with Crippen molar-refractivity contribution in [1.82, 2.24) is 10.1 Å². The Balaban J connectivity index is 1.76. The number of pyridine rings is 1. The first-order valence-corrected chi connectivity index (χ1v) is 13.8. The molecule has 1 N–H and O–H groups in total. The fourth-order valence-corrected chi connectivity index (χ4v) is 5.01. The summed E-state index contributed by atoms with van der Waals surface area (Å²) in [4.78, 5) is 18.2. The van der Waals surface area contributed by atoms with E-state index in [-0.39, 0.29) is 56.3 Å². The first-order valence-electron chi connectivity index (χ1n) is 11.9. The summed E-state index contributed by atoms with van der Waals surface area (Å²) >= 11 is 6.59. The highest BCUT2D eigenvalue weighted by Crippen LogP contribution is 2.43. The molecule has 0 aliphatic heterocycles. The van der Waals surface area contributed by atoms with Gasteiger partial charge in [-0.1, -0.05) is 23.7 Å². The number of anilines is 3. The molecular weight excluding hydrogens is 605 g/mol. The van der Waals surface area contributed by atoms with E-state index in [1.165, 1.54) is 61.8 Å². The van der Waals surface area contributed by atoms with Gasteiger partial charge in [0.2, 0.25) is 5.91 Å². The quantitative estimate of drug-likeness (QED) is 0.219. The van der Waals surface area contributed by atoms with Crippen LogP contribution in [-0.2, 0) is 14.8 Å². The number of sulfonamides is 1. The predicted molar refractivity (Wildman–Crippen MR) is 146 cm³/mol. The number of hydrogen-bond donors (Lipinski definition) is 1. The molecule has 0 aliphatic carbocycles. The first kappa shape index (κ1) is 30.5. The van der Waals surface area contributed by atoms with Crippen LogP contribution in [0.1, 0.15) is 13.3 Å². The van der Waals surface area contributed by atoms with Gasteiger partial charge in [0.05, 0.1) is 24.9 Å². The Morgan fingerprint density at radius 3 is 2.38 bits per heavy atom. The summed E-state index contributed by atoms with van der Waals surface area (Å²) in [6.07, 6.45) is -2.68. The van der Waals surface area contributed by atoms with Crippen LogP contribution in [-0.4, -0.2) is 45.0 Å². The van der Waals surface area contributed by atoms with E-state index >= 15 is 0 Å². The summed E-state index contributed by atoms with van der Waals surface area (Å²) in [5.74, 6) is -0.769. The predicted octanol–water partition coefficient (Wildman–Crippen LogP) is 6.18. The maximum atomic E-state index is 13.1. The van der Waals surface area contributed by atoms with Crippen molar-refractivity contribution in [3.8, 4) is 28.4 Å². The molecular formula is C26H22ClF3N4O7S. The van der Waals surface area contributed by atoms with E-state index in [1.54, 1.807) is 6.92 Å². The van der Waals surface area contributed by atoms with Crippen LogP contribution in [0.3, 0.4) is 0 Å². The van der Waals surface area contributed by atoms with Crippen molar-refractivity contribution in [2.75, 3.05) is 23.8 Å². The highest BCUT2D eigenvalue weighted by Gasteiger charge is 2.32. The Morgan fingerprint density at radius 1 is 1.07 bits per heavy atom. The molecule has 4 aromatic rings. The van der Waals surface area contributed by atoms with Crippen LogP contribution >= 0.6 is 11.6 Å². The molecule has 16 heteroatoms. The van der Waals surface area contributed by atoms with Gasteiger partial charge in [0.15, 0.2) is 5.82 Å². The van der Waals surface area contributed by atoms with Gasteiger partial charge in [-0.25, -0.2) is 13.4 Å². The fourth-order valence-electron chi connectivity index (χ4n) is 3.81. The summed E-state index contributed by atoms with van der Waals surface area (Å²) in [6, 6.07) is 10.3. The SMILES string of the molecule is CCC(=O)N(c1ccc(S(=O)(=O)Nc2ccon2)cn1)c1cc(Cl)c(-c2cc(OC)cc(OC(F)(F)F)c2)cc1OC. The van der Waals surface area contributed by atoms with E-state index in [9.17, 15) is 26.4 Å². The number of hydrogen-bond acceptors (Lipinski definition) is 9. The van der Waals surface area contributed by atoms with Crippen LogP contribution in [0.15, 0.2) is 70.4 Å². The highest BCUT2D eigenvalue weighted by molar-refractivity contribution is 7.92. The average Bonchev–Trinajstić information content (AvgIpc) is 3.44. The second kappa shape index (κ2) is 12.2. The average molecular weight is 627 g/mol. The molecule has 0 saturated heterocycles. The molecule has 0 saturated carbocycles. The largest absolute Gasteiger partial charge is 0.573 e. The number of nitrogens with zero attached hydrogens (tertiary/aromatic N) is 3. The number of alkyl halides is 3. The molecule has 4 rings (SSSR count). The van der Waals surface area contributed by atoms with Crippen LogP contribution in [0.4, 0.5) is 30.5 Å². The molecule has 0 unspecified atom stereocenters. The van der Waals surface area contributed by atoms with Crippen molar-refractivity contribution in [1.29, 1.82) is 0 Å². The lowest BCUT2D eigenvalue weighted by atomic mass is 10.0. The lowest BCUT2D eigenvalue weighted by Gasteiger charge is -2.25. The molecule has 0 radical (unpaired) electrons. The van der Waals surface area contributed by atoms with Gasteiger partial charge >= 0.3 is 6.36 Å². The monoisotopic (exact) mass is 626 g/mol. The number of aromatic nitrogens is 2. The fraction of sp³-hybridized carbons (Fsp3) is 0.192. The highest BCUT2D eigenvalue weighted by atomic mass is 35.5. The van der Waals surface area contributed by atoms with Gasteiger partial charge in [0, 0.05) is 30.3 Å². The number of nitrogens with one attached hydrogen (secondary N) is 1. The summed E-state index contributed by atoms with van der Waals surface area (Å²) in [5, 5.41) is 3.55. The number of carbonyl (C=O) groups excluding carboxylic acids is 1. The van der Waals surface area contributed by atoms with E-state index in [1.807, 2.05) is 0 Å². The van der Waals surface area contributed by atoms with Crippen molar-refractivity contribution in [3.05, 3.63) is 66.0 Å². The Hall–Kier alpha value is -4.50. The minimum absolute atomic E-state index is 0.0198. The normalized spacial score (nSPS) is 11.6. The minimum atomic E-state index is -4.94. The molecule has 0 fully saturated rings. The number of methoxy groups -OCH3 is 2. The zero-order valence-electron chi connectivity index (χ0n) is 22.1. The third kappa shape index (κ3) is 6.86. The minimum Gasteiger partial charge on any atom is -0.497 e. The molecule has 2 aromatic heterocycles. The zero-order valence-corrected chi connectivity index (χ0v) is 23.7. The zero-order chi connectivity index (χ0) is 30.7. The smallest absolute Gasteiger partial charge is 0.497 e. The molecule has 11 nitrogen and oxygen atoms in total. The second-order valence-electron chi connectivity index (χ2n) is 8.37. The van der Waals surface area contributed by atoms with Gasteiger partial charge in [0.1, 0.15) is 34.2 Å². The van der Waals surface area contributed by atoms with Crippen molar-refractivity contribution in [3.63, 3.8) is 0 Å². The number of carbonyl (C=O) groups is 1. The van der Waals surface area contributed by atoms with Crippen LogP contribution < -0.4 is 23.8 Å². The van der Waals surface area contributed by atoms with Crippen LogP contribution in [0, 0.1) is 0 Å². The molecule has 0 bridgehead atoms. The molecule has 42 heavy (non-hydrogen) atoms. The molecule has 0 spiro atoms. The van der Waals surface area contributed by atoms with Crippen LogP contribution in [0.25, 0.3) is 11.1 Å². The Morgan fingerprint density at radius 2 is 1.81 bits per heavy atom. The number of halogens is 4. The van der Waals surface area contributed by atoms with Gasteiger partial charge in [-0.15, -0.1) is 13.2 Å². The molecule has 222 valence electrons. The first-order chi connectivity index (χ1) is 19.8. The third-order valence-corrected chi connectivity index (χ3v) is 7.31. The lowest BCUT2D eigenvalue weighted by molar-refractivity contribution is -0.274. The van der Waals surface area contributed by atoms with E-state index in [2.05, 4.69) is 24.1 Å². The summed E-state index contributed by atoms with van der Waals surface area (Å²) in [5.41, 5.74) is 0.612. The Kier molecular flexibility index (Phi) is 8.82. The second-order valence-corrected chi connectivity index (χ2v) is 10.5. The molecule has 0 atom stereocenters. The summed E-state index contributed by atoms with van der Waals surface area (Å²) in [7, 11) is -1.46. The standard InChI is InChI=1S/C26H22ClF3N4O7S/c1-4-25(35)34(24-6-5-18(14-31-24)42(36,37)33-23-7-8-40-32-23)21-13-20(27)19(12-22(21)39-3)15-9-16(38-2)11-17(10-15)41-26(28,29)30/h5-14H,4H2,1-3H3,(H,32,33). The summed E-state index contributed by atoms with van der Waals surface area (Å²) < 4.78 is 85.6. The van der Waals surface area contributed by atoms with Crippen LogP contribution in [0.2, 0.25) is 5.02 Å². The summed E-state index contributed by atoms with van der Waals surface area (Å²) in [6.45, 7) is 1.61. The topological polar surface area (TPSA) is 133 Å². The maximum absolute atomic E-state index is 13.1. The van der Waals surface area contributed by atoms with Crippen molar-refractivity contribution >= 4 is 44.9 Å². The van der Waals surface area contributed by atoms with Gasteiger partial charge in [-0.2, -0.15) is 0 Å². The van der Waals surface area contributed by atoms with Gasteiger partial charge in [-0.05, 0) is 42.0 Å². The van der Waals surface area contributed by atoms with Crippen LogP contribution in [0.5, 0.6) is 17.2 Å². The van der Waals surface area contributed by atoms with E-state index in [4.69, 9.17) is 21.1 Å². The third-order valence-electron chi connectivity index (χ3n) is 5.66. The number of rotatable bonds is 10. The van der Waals surface area contributed by atoms with E-state index in [0.29, 0.717) is 0 Å². The Bertz CT molecular complexity index is 1680. The van der Waals surface area contributed by atoms with Gasteiger partial charge in [-0.3, -0.25) is 14.4 Å². The molecule has 2 aromatic carbocycles. The van der Waals surface area contributed by atoms with E-state index in [0.717, 1.165) is 18.3 Å². The van der Waals surface area contributed by atoms with Gasteiger partial charge in [0.25, 0.3) is 10.0 Å². The van der Waals surface area contributed by atoms with E-state index < -0.39 is 28.0 Å². The van der Waals surface area contributed by atoms with Crippen molar-refractivity contribution < 1.29 is 45.1 Å². The van der Waals surface area contributed by atoms with Gasteiger partial charge < -0.3 is 18.7 Å². The van der Waals surface area contributed by atoms with Crippen molar-refractivity contribution in [2.24, 2.45) is 0 Å². The number of amides is 1. The number of ether oxygens (including phenoxy) is 3.